The molecule has 0 unspecified atom stereocenters. The number of aromatic nitrogens is 1. The number of rotatable bonds is 8. The van der Waals surface area contributed by atoms with E-state index >= 15 is 0 Å². The van der Waals surface area contributed by atoms with Crippen LogP contribution in [0.25, 0.3) is 11.3 Å². The molecule has 2 amide bonds. The number of likely N-dealkylation sites (N-methyl/N-ethyl adjacent to an activating group) is 1. The van der Waals surface area contributed by atoms with E-state index in [1.807, 2.05) is 37.4 Å². The fourth-order valence-electron chi connectivity index (χ4n) is 4.63. The van der Waals surface area contributed by atoms with Crippen molar-refractivity contribution in [2.24, 2.45) is 0 Å². The van der Waals surface area contributed by atoms with E-state index in [9.17, 15) is 4.79 Å². The van der Waals surface area contributed by atoms with Gasteiger partial charge in [-0.05, 0) is 68.2 Å². The number of benzene rings is 2. The Bertz CT molecular complexity index is 1150. The lowest BCUT2D eigenvalue weighted by Crippen LogP contribution is -2.29. The number of hydrogen-bond donors (Lipinski definition) is 0. The molecule has 0 bridgehead atoms. The molecule has 0 radical (unpaired) electrons. The fourth-order valence-corrected chi connectivity index (χ4v) is 4.63. The van der Waals surface area contributed by atoms with Crippen LogP contribution in [-0.2, 0) is 6.42 Å². The number of oxazole rings is 1. The van der Waals surface area contributed by atoms with Crippen LogP contribution in [0.2, 0.25) is 0 Å². The average molecular weight is 461 g/mol. The molecule has 3 heterocycles. The van der Waals surface area contributed by atoms with Crippen LogP contribution in [0.4, 0.5) is 10.5 Å². The molecule has 178 valence electrons. The van der Waals surface area contributed by atoms with Gasteiger partial charge in [0.05, 0.1) is 6.20 Å². The Balaban J connectivity index is 1.25. The van der Waals surface area contributed by atoms with E-state index < -0.39 is 0 Å². The zero-order valence-corrected chi connectivity index (χ0v) is 20.0. The Morgan fingerprint density at radius 3 is 2.71 bits per heavy atom. The largest absolute Gasteiger partial charge is 0.492 e. The molecule has 2 saturated heterocycles. The van der Waals surface area contributed by atoms with Crippen molar-refractivity contribution < 1.29 is 13.9 Å². The van der Waals surface area contributed by atoms with E-state index in [1.54, 1.807) is 16.0 Å². The topological polar surface area (TPSA) is 62.1 Å². The second-order valence-electron chi connectivity index (χ2n) is 9.19. The van der Waals surface area contributed by atoms with Crippen molar-refractivity contribution >= 4 is 11.7 Å². The number of anilines is 1. The van der Waals surface area contributed by atoms with E-state index in [1.165, 1.54) is 31.5 Å². The van der Waals surface area contributed by atoms with Crippen LogP contribution < -0.4 is 9.64 Å². The summed E-state index contributed by atoms with van der Waals surface area (Å²) < 4.78 is 12.1. The van der Waals surface area contributed by atoms with Gasteiger partial charge in [0.15, 0.2) is 11.7 Å². The van der Waals surface area contributed by atoms with Gasteiger partial charge in [0, 0.05) is 44.4 Å². The number of likely N-dealkylation sites (tertiary alicyclic amines) is 1. The summed E-state index contributed by atoms with van der Waals surface area (Å²) in [7, 11) is 1.82. The smallest absolute Gasteiger partial charge is 0.324 e. The van der Waals surface area contributed by atoms with E-state index in [0.717, 1.165) is 35.7 Å². The molecule has 0 N–H and O–H groups in total. The first-order valence-corrected chi connectivity index (χ1v) is 12.1. The summed E-state index contributed by atoms with van der Waals surface area (Å²) in [5.41, 5.74) is 4.12. The molecule has 7 heteroatoms. The van der Waals surface area contributed by atoms with Crippen molar-refractivity contribution in [3.63, 3.8) is 0 Å². The molecule has 1 aromatic heterocycles. The Morgan fingerprint density at radius 1 is 1.06 bits per heavy atom. The van der Waals surface area contributed by atoms with Gasteiger partial charge < -0.3 is 14.1 Å². The first-order valence-electron chi connectivity index (χ1n) is 12.1. The molecule has 0 aliphatic carbocycles. The second-order valence-corrected chi connectivity index (χ2v) is 9.19. The van der Waals surface area contributed by atoms with E-state index in [2.05, 4.69) is 28.9 Å². The molecule has 5 rings (SSSR count). The molecule has 2 aromatic carbocycles. The van der Waals surface area contributed by atoms with Gasteiger partial charge in [0.1, 0.15) is 12.4 Å². The van der Waals surface area contributed by atoms with Gasteiger partial charge >= 0.3 is 6.03 Å². The predicted octanol–water partition coefficient (Wildman–Crippen LogP) is 4.59. The molecule has 2 aliphatic rings. The van der Waals surface area contributed by atoms with Crippen LogP contribution in [0.3, 0.4) is 0 Å². The number of ether oxygens (including phenoxy) is 1. The number of carbonyl (C=O) groups is 1. The van der Waals surface area contributed by atoms with Gasteiger partial charge in [-0.1, -0.05) is 18.2 Å². The van der Waals surface area contributed by atoms with Crippen molar-refractivity contribution in [3.8, 4) is 17.1 Å². The lowest BCUT2D eigenvalue weighted by molar-refractivity contribution is 0.229. The first-order chi connectivity index (χ1) is 16.6. The SMILES string of the molecule is Cc1ccc(OCCN2CCCC2)cc1Cc1ncc(-c2cccc(N3CCN(C)C3=O)c2)o1. The van der Waals surface area contributed by atoms with Gasteiger partial charge in [-0.3, -0.25) is 9.80 Å². The van der Waals surface area contributed by atoms with E-state index in [4.69, 9.17) is 9.15 Å². The van der Waals surface area contributed by atoms with Crippen LogP contribution in [0, 0.1) is 6.92 Å². The third-order valence-electron chi connectivity index (χ3n) is 6.75. The van der Waals surface area contributed by atoms with Crippen molar-refractivity contribution in [3.05, 3.63) is 65.7 Å². The van der Waals surface area contributed by atoms with E-state index in [-0.39, 0.29) is 6.03 Å². The third-order valence-corrected chi connectivity index (χ3v) is 6.75. The molecule has 7 nitrogen and oxygen atoms in total. The van der Waals surface area contributed by atoms with Gasteiger partial charge in [-0.25, -0.2) is 9.78 Å². The van der Waals surface area contributed by atoms with Crippen molar-refractivity contribution in [2.45, 2.75) is 26.2 Å². The second kappa shape index (κ2) is 9.89. The highest BCUT2D eigenvalue weighted by atomic mass is 16.5. The summed E-state index contributed by atoms with van der Waals surface area (Å²) in [6.45, 7) is 7.57. The Hall–Kier alpha value is -3.32. The van der Waals surface area contributed by atoms with Crippen molar-refractivity contribution in [1.82, 2.24) is 14.8 Å². The van der Waals surface area contributed by atoms with Gasteiger partial charge in [-0.15, -0.1) is 0 Å². The standard InChI is InChI=1S/C27H32N4O3/c1-20-8-9-24(33-15-14-30-10-3-4-11-30)17-22(20)18-26-28-19-25(34-26)21-6-5-7-23(16-21)31-13-12-29(2)27(31)32/h5-9,16-17,19H,3-4,10-15,18H2,1-2H3. The zero-order valence-electron chi connectivity index (χ0n) is 20.0. The predicted molar refractivity (Wildman–Crippen MR) is 132 cm³/mol. The minimum atomic E-state index is 0.0217. The molecule has 0 saturated carbocycles. The lowest BCUT2D eigenvalue weighted by Gasteiger charge is -2.16. The molecule has 0 atom stereocenters. The maximum atomic E-state index is 12.4. The monoisotopic (exact) mass is 460 g/mol. The minimum absolute atomic E-state index is 0.0217. The normalized spacial score (nSPS) is 16.6. The van der Waals surface area contributed by atoms with Crippen LogP contribution in [0.15, 0.2) is 53.1 Å². The van der Waals surface area contributed by atoms with Gasteiger partial charge in [0.25, 0.3) is 0 Å². The Labute approximate surface area is 200 Å². The summed E-state index contributed by atoms with van der Waals surface area (Å²) in [6, 6.07) is 14.1. The summed E-state index contributed by atoms with van der Waals surface area (Å²) in [4.78, 5) is 22.9. The molecule has 34 heavy (non-hydrogen) atoms. The van der Waals surface area contributed by atoms with Crippen LogP contribution in [0.1, 0.15) is 29.9 Å². The quantitative estimate of drug-likeness (QED) is 0.492. The number of carbonyl (C=O) groups excluding carboxylic acids is 1. The van der Waals surface area contributed by atoms with Crippen molar-refractivity contribution in [2.75, 3.05) is 51.3 Å². The summed E-state index contributed by atoms with van der Waals surface area (Å²) in [5.74, 6) is 2.25. The Kier molecular flexibility index (Phi) is 6.54. The number of hydrogen-bond acceptors (Lipinski definition) is 5. The first kappa shape index (κ1) is 22.5. The maximum Gasteiger partial charge on any atom is 0.324 e. The lowest BCUT2D eigenvalue weighted by atomic mass is 10.1. The Morgan fingerprint density at radius 2 is 1.91 bits per heavy atom. The number of amides is 2. The maximum absolute atomic E-state index is 12.4. The number of aryl methyl sites for hydroxylation is 1. The van der Waals surface area contributed by atoms with Gasteiger partial charge in [-0.2, -0.15) is 0 Å². The number of urea groups is 1. The van der Waals surface area contributed by atoms with Crippen LogP contribution in [0.5, 0.6) is 5.75 Å². The highest BCUT2D eigenvalue weighted by molar-refractivity contribution is 5.94. The zero-order chi connectivity index (χ0) is 23.5. The molecule has 0 spiro atoms. The molecule has 2 fully saturated rings. The molecule has 3 aromatic rings. The number of nitrogens with zero attached hydrogens (tertiary/aromatic N) is 4. The van der Waals surface area contributed by atoms with Crippen LogP contribution in [-0.4, -0.2) is 67.2 Å². The minimum Gasteiger partial charge on any atom is -0.492 e. The summed E-state index contributed by atoms with van der Waals surface area (Å²) >= 11 is 0. The molecular weight excluding hydrogens is 428 g/mol. The molecule has 2 aliphatic heterocycles. The fraction of sp³-hybridized carbons (Fsp3) is 0.407. The van der Waals surface area contributed by atoms with Gasteiger partial charge in [0.2, 0.25) is 0 Å². The highest BCUT2D eigenvalue weighted by Crippen LogP contribution is 2.28. The summed E-state index contributed by atoms with van der Waals surface area (Å²) in [5, 5.41) is 0. The van der Waals surface area contributed by atoms with Crippen LogP contribution >= 0.6 is 0 Å². The highest BCUT2D eigenvalue weighted by Gasteiger charge is 2.26. The summed E-state index contributed by atoms with van der Waals surface area (Å²) in [6.07, 6.45) is 4.96. The average Bonchev–Trinajstić information content (AvgIpc) is 3.59. The molecular formula is C27H32N4O3. The van der Waals surface area contributed by atoms with E-state index in [0.29, 0.717) is 31.2 Å². The third kappa shape index (κ3) is 4.94. The van der Waals surface area contributed by atoms with Crippen molar-refractivity contribution in [1.29, 1.82) is 0 Å².